The predicted molar refractivity (Wildman–Crippen MR) is 94.2 cm³/mol. The molecule has 0 atom stereocenters. The molecule has 1 rings (SSSR count). The summed E-state index contributed by atoms with van der Waals surface area (Å²) in [5.41, 5.74) is 0. The Kier molecular flexibility index (Phi) is 8.61. The van der Waals surface area contributed by atoms with Crippen LogP contribution in [0.15, 0.2) is 10.8 Å². The van der Waals surface area contributed by atoms with E-state index in [4.69, 9.17) is 0 Å². The third-order valence-corrected chi connectivity index (χ3v) is 4.32. The summed E-state index contributed by atoms with van der Waals surface area (Å²) in [6.07, 6.45) is 2.77. The highest BCUT2D eigenvalue weighted by molar-refractivity contribution is 9.10. The minimum Gasteiger partial charge on any atom is -0.369 e. The van der Waals surface area contributed by atoms with E-state index in [1.165, 1.54) is 0 Å². The molecule has 0 saturated carbocycles. The van der Waals surface area contributed by atoms with Crippen LogP contribution in [0.1, 0.15) is 34.1 Å². The van der Waals surface area contributed by atoms with E-state index >= 15 is 0 Å². The number of hydrogen-bond acceptors (Lipinski definition) is 5. The van der Waals surface area contributed by atoms with E-state index in [1.54, 1.807) is 6.33 Å². The van der Waals surface area contributed by atoms with E-state index in [2.05, 4.69) is 68.7 Å². The zero-order valence-corrected chi connectivity index (χ0v) is 15.3. The highest BCUT2D eigenvalue weighted by atomic mass is 79.9. The van der Waals surface area contributed by atoms with Crippen LogP contribution in [-0.2, 0) is 0 Å². The summed E-state index contributed by atoms with van der Waals surface area (Å²) in [7, 11) is 0. The van der Waals surface area contributed by atoms with E-state index in [0.717, 1.165) is 61.8 Å². The molecule has 0 aliphatic carbocycles. The highest BCUT2D eigenvalue weighted by Crippen LogP contribution is 2.29. The van der Waals surface area contributed by atoms with E-state index in [1.807, 2.05) is 0 Å². The molecule has 0 bridgehead atoms. The molecule has 0 aliphatic rings. The molecule has 0 unspecified atom stereocenters. The first kappa shape index (κ1) is 18.2. The Morgan fingerprint density at radius 3 is 2.33 bits per heavy atom. The van der Waals surface area contributed by atoms with Gasteiger partial charge in [-0.2, -0.15) is 0 Å². The lowest BCUT2D eigenvalue weighted by molar-refractivity contribution is 0.300. The lowest BCUT2D eigenvalue weighted by Crippen LogP contribution is -2.30. The molecule has 1 aromatic rings. The Balaban J connectivity index is 2.69. The van der Waals surface area contributed by atoms with Crippen molar-refractivity contribution in [2.45, 2.75) is 34.1 Å². The fraction of sp³-hybridized carbons (Fsp3) is 0.733. The molecule has 120 valence electrons. The van der Waals surface area contributed by atoms with Gasteiger partial charge in [-0.3, -0.25) is 0 Å². The zero-order valence-electron chi connectivity index (χ0n) is 13.7. The fourth-order valence-corrected chi connectivity index (χ4v) is 2.91. The Bertz CT molecular complexity index is 409. The molecule has 6 heteroatoms. The topological polar surface area (TPSA) is 44.3 Å². The van der Waals surface area contributed by atoms with Gasteiger partial charge in [0.2, 0.25) is 0 Å². The van der Waals surface area contributed by atoms with Gasteiger partial charge in [-0.25, -0.2) is 9.97 Å². The van der Waals surface area contributed by atoms with Crippen LogP contribution in [0, 0.1) is 0 Å². The van der Waals surface area contributed by atoms with Gasteiger partial charge in [0.05, 0.1) is 0 Å². The van der Waals surface area contributed by atoms with Crippen molar-refractivity contribution in [2.75, 3.05) is 49.5 Å². The monoisotopic (exact) mass is 357 g/mol. The summed E-state index contributed by atoms with van der Waals surface area (Å²) in [6, 6.07) is 0. The SMILES string of the molecule is CCNc1ncnc(N(CC)CCCN(CC)CC)c1Br. The molecular weight excluding hydrogens is 330 g/mol. The summed E-state index contributed by atoms with van der Waals surface area (Å²) in [5.74, 6) is 1.84. The number of hydrogen-bond donors (Lipinski definition) is 1. The van der Waals surface area contributed by atoms with Gasteiger partial charge in [0, 0.05) is 19.6 Å². The van der Waals surface area contributed by atoms with Gasteiger partial charge in [-0.05, 0) is 55.8 Å². The second kappa shape index (κ2) is 9.95. The second-order valence-corrected chi connectivity index (χ2v) is 5.64. The summed E-state index contributed by atoms with van der Waals surface area (Å²) >= 11 is 3.63. The Hall–Kier alpha value is -0.880. The molecule has 1 N–H and O–H groups in total. The zero-order chi connectivity index (χ0) is 15.7. The minimum atomic E-state index is 0.850. The molecule has 0 saturated heterocycles. The van der Waals surface area contributed by atoms with Crippen LogP contribution < -0.4 is 10.2 Å². The highest BCUT2D eigenvalue weighted by Gasteiger charge is 2.14. The quantitative estimate of drug-likeness (QED) is 0.696. The molecule has 0 amide bonds. The molecular formula is C15H28BrN5. The molecule has 0 aromatic carbocycles. The van der Waals surface area contributed by atoms with Crippen molar-refractivity contribution in [3.05, 3.63) is 10.8 Å². The van der Waals surface area contributed by atoms with Crippen molar-refractivity contribution >= 4 is 27.6 Å². The number of anilines is 2. The van der Waals surface area contributed by atoms with Gasteiger partial charge >= 0.3 is 0 Å². The first-order chi connectivity index (χ1) is 10.2. The van der Waals surface area contributed by atoms with Crippen LogP contribution in [0.4, 0.5) is 11.6 Å². The van der Waals surface area contributed by atoms with Crippen LogP contribution >= 0.6 is 15.9 Å². The van der Waals surface area contributed by atoms with E-state index in [-0.39, 0.29) is 0 Å². The standard InChI is InChI=1S/C15H28BrN5/c1-5-17-14-13(16)15(19-12-18-14)21(8-4)11-9-10-20(6-2)7-3/h12H,5-11H2,1-4H3,(H,17,18,19). The first-order valence-corrected chi connectivity index (χ1v) is 8.68. The van der Waals surface area contributed by atoms with Gasteiger partial charge in [0.1, 0.15) is 22.4 Å². The molecule has 5 nitrogen and oxygen atoms in total. The fourth-order valence-electron chi connectivity index (χ4n) is 2.31. The summed E-state index contributed by atoms with van der Waals surface area (Å²) in [6.45, 7) is 14.8. The number of aromatic nitrogens is 2. The smallest absolute Gasteiger partial charge is 0.148 e. The Labute approximate surface area is 137 Å². The maximum absolute atomic E-state index is 4.44. The lowest BCUT2D eigenvalue weighted by Gasteiger charge is -2.25. The predicted octanol–water partition coefficient (Wildman–Crippen LogP) is 3.23. The number of halogens is 1. The van der Waals surface area contributed by atoms with Crippen LogP contribution in [0.25, 0.3) is 0 Å². The lowest BCUT2D eigenvalue weighted by atomic mass is 10.3. The van der Waals surface area contributed by atoms with E-state index in [0.29, 0.717) is 0 Å². The van der Waals surface area contributed by atoms with Crippen molar-refractivity contribution in [3.8, 4) is 0 Å². The van der Waals surface area contributed by atoms with Gasteiger partial charge < -0.3 is 15.1 Å². The largest absolute Gasteiger partial charge is 0.369 e. The van der Waals surface area contributed by atoms with E-state index < -0.39 is 0 Å². The summed E-state index contributed by atoms with van der Waals surface area (Å²) in [5, 5.41) is 3.25. The van der Waals surface area contributed by atoms with Gasteiger partial charge in [-0.1, -0.05) is 13.8 Å². The molecule has 0 spiro atoms. The average molecular weight is 358 g/mol. The average Bonchev–Trinajstić information content (AvgIpc) is 2.51. The number of nitrogens with zero attached hydrogens (tertiary/aromatic N) is 4. The second-order valence-electron chi connectivity index (χ2n) is 4.85. The van der Waals surface area contributed by atoms with Crippen LogP contribution in [0.3, 0.4) is 0 Å². The van der Waals surface area contributed by atoms with Crippen molar-refractivity contribution in [1.29, 1.82) is 0 Å². The minimum absolute atomic E-state index is 0.850. The molecule has 1 heterocycles. The Morgan fingerprint density at radius 2 is 1.76 bits per heavy atom. The van der Waals surface area contributed by atoms with Gasteiger partial charge in [0.15, 0.2) is 0 Å². The number of nitrogens with one attached hydrogen (secondary N) is 1. The summed E-state index contributed by atoms with van der Waals surface area (Å²) < 4.78 is 0.955. The molecule has 0 radical (unpaired) electrons. The first-order valence-electron chi connectivity index (χ1n) is 7.89. The molecule has 0 fully saturated rings. The van der Waals surface area contributed by atoms with Crippen molar-refractivity contribution in [1.82, 2.24) is 14.9 Å². The van der Waals surface area contributed by atoms with Gasteiger partial charge in [0.25, 0.3) is 0 Å². The summed E-state index contributed by atoms with van der Waals surface area (Å²) in [4.78, 5) is 13.5. The van der Waals surface area contributed by atoms with Crippen molar-refractivity contribution in [2.24, 2.45) is 0 Å². The van der Waals surface area contributed by atoms with Crippen molar-refractivity contribution < 1.29 is 0 Å². The van der Waals surface area contributed by atoms with Gasteiger partial charge in [-0.15, -0.1) is 0 Å². The van der Waals surface area contributed by atoms with Crippen LogP contribution in [0.2, 0.25) is 0 Å². The maximum atomic E-state index is 4.44. The Morgan fingerprint density at radius 1 is 1.05 bits per heavy atom. The molecule has 21 heavy (non-hydrogen) atoms. The maximum Gasteiger partial charge on any atom is 0.148 e. The van der Waals surface area contributed by atoms with Crippen LogP contribution in [-0.4, -0.2) is 54.1 Å². The van der Waals surface area contributed by atoms with E-state index in [9.17, 15) is 0 Å². The number of rotatable bonds is 10. The normalized spacial score (nSPS) is 11.0. The molecule has 1 aromatic heterocycles. The third kappa shape index (κ3) is 5.43. The third-order valence-electron chi connectivity index (χ3n) is 3.59. The van der Waals surface area contributed by atoms with Crippen LogP contribution in [0.5, 0.6) is 0 Å². The van der Waals surface area contributed by atoms with Crippen molar-refractivity contribution in [3.63, 3.8) is 0 Å². The molecule has 0 aliphatic heterocycles.